The Hall–Kier alpha value is -1.86. The van der Waals surface area contributed by atoms with Crippen LogP contribution in [-0.2, 0) is 6.54 Å². The van der Waals surface area contributed by atoms with Crippen molar-refractivity contribution in [3.63, 3.8) is 0 Å². The van der Waals surface area contributed by atoms with Crippen molar-refractivity contribution < 1.29 is 0 Å². The minimum atomic E-state index is 0.988. The van der Waals surface area contributed by atoms with Gasteiger partial charge < -0.3 is 4.90 Å². The van der Waals surface area contributed by atoms with Gasteiger partial charge in [-0.15, -0.1) is 0 Å². The summed E-state index contributed by atoms with van der Waals surface area (Å²) >= 11 is 0. The quantitative estimate of drug-likeness (QED) is 0.735. The summed E-state index contributed by atoms with van der Waals surface area (Å²) in [5.41, 5.74) is 5.12. The summed E-state index contributed by atoms with van der Waals surface area (Å²) in [5, 5.41) is 0. The van der Waals surface area contributed by atoms with Gasteiger partial charge in [-0.3, -0.25) is 0 Å². The van der Waals surface area contributed by atoms with E-state index in [1.807, 2.05) is 0 Å². The zero-order chi connectivity index (χ0) is 13.7. The molecule has 0 heterocycles. The maximum absolute atomic E-state index is 2.19. The summed E-state index contributed by atoms with van der Waals surface area (Å²) < 4.78 is 0. The average molecular weight is 251 g/mol. The van der Waals surface area contributed by atoms with Crippen molar-refractivity contribution in [3.05, 3.63) is 70.8 Å². The Labute approximate surface area is 116 Å². The van der Waals surface area contributed by atoms with Gasteiger partial charge in [-0.2, -0.15) is 0 Å². The summed E-state index contributed by atoms with van der Waals surface area (Å²) in [4.78, 5) is 2.18. The fourth-order valence-electron chi connectivity index (χ4n) is 1.97. The van der Waals surface area contributed by atoms with Gasteiger partial charge in [-0.1, -0.05) is 66.2 Å². The van der Waals surface area contributed by atoms with Gasteiger partial charge >= 0.3 is 0 Å². The van der Waals surface area contributed by atoms with E-state index in [1.54, 1.807) is 0 Å². The van der Waals surface area contributed by atoms with Crippen LogP contribution in [0.15, 0.2) is 48.5 Å². The van der Waals surface area contributed by atoms with Crippen LogP contribution in [0.1, 0.15) is 22.3 Å². The number of benzene rings is 2. The van der Waals surface area contributed by atoms with E-state index in [2.05, 4.69) is 86.6 Å². The SMILES string of the molecule is Cc1ccc(/C=C/c2ccc(CN(C)C)cc2)cc1. The highest BCUT2D eigenvalue weighted by Crippen LogP contribution is 2.11. The molecule has 0 radical (unpaired) electrons. The molecule has 0 aromatic heterocycles. The summed E-state index contributed by atoms with van der Waals surface area (Å²) in [6, 6.07) is 17.3. The molecule has 2 rings (SSSR count). The van der Waals surface area contributed by atoms with Crippen molar-refractivity contribution in [3.8, 4) is 0 Å². The zero-order valence-electron chi connectivity index (χ0n) is 11.9. The summed E-state index contributed by atoms with van der Waals surface area (Å²) in [6.07, 6.45) is 4.31. The lowest BCUT2D eigenvalue weighted by Crippen LogP contribution is -2.10. The predicted molar refractivity (Wildman–Crippen MR) is 83.9 cm³/mol. The Bertz CT molecular complexity index is 533. The van der Waals surface area contributed by atoms with E-state index >= 15 is 0 Å². The van der Waals surface area contributed by atoms with Gasteiger partial charge in [-0.05, 0) is 37.7 Å². The molecule has 0 saturated heterocycles. The van der Waals surface area contributed by atoms with E-state index < -0.39 is 0 Å². The van der Waals surface area contributed by atoms with Crippen LogP contribution in [0, 0.1) is 6.92 Å². The minimum Gasteiger partial charge on any atom is -0.305 e. The first kappa shape index (κ1) is 13.6. The Morgan fingerprint density at radius 3 is 1.74 bits per heavy atom. The van der Waals surface area contributed by atoms with E-state index in [0.29, 0.717) is 0 Å². The van der Waals surface area contributed by atoms with Gasteiger partial charge in [0.15, 0.2) is 0 Å². The predicted octanol–water partition coefficient (Wildman–Crippen LogP) is 4.23. The Kier molecular flexibility index (Phi) is 4.53. The highest BCUT2D eigenvalue weighted by atomic mass is 15.0. The van der Waals surface area contributed by atoms with Crippen LogP contribution >= 0.6 is 0 Å². The Morgan fingerprint density at radius 2 is 1.26 bits per heavy atom. The molecule has 0 atom stereocenters. The first-order valence-corrected chi connectivity index (χ1v) is 6.62. The molecular weight excluding hydrogens is 230 g/mol. The first-order valence-electron chi connectivity index (χ1n) is 6.62. The van der Waals surface area contributed by atoms with E-state index in [9.17, 15) is 0 Å². The third-order valence-corrected chi connectivity index (χ3v) is 3.02. The van der Waals surface area contributed by atoms with Gasteiger partial charge in [0.2, 0.25) is 0 Å². The Morgan fingerprint density at radius 1 is 0.789 bits per heavy atom. The number of nitrogens with zero attached hydrogens (tertiary/aromatic N) is 1. The smallest absolute Gasteiger partial charge is 0.0227 e. The summed E-state index contributed by atoms with van der Waals surface area (Å²) in [7, 11) is 4.18. The molecule has 0 fully saturated rings. The summed E-state index contributed by atoms with van der Waals surface area (Å²) in [5.74, 6) is 0. The van der Waals surface area contributed by atoms with Crippen molar-refractivity contribution >= 4 is 12.2 Å². The lowest BCUT2D eigenvalue weighted by molar-refractivity contribution is 0.402. The third kappa shape index (κ3) is 4.38. The number of aryl methyl sites for hydroxylation is 1. The lowest BCUT2D eigenvalue weighted by Gasteiger charge is -2.09. The molecule has 1 heteroatoms. The molecule has 0 aliphatic carbocycles. The van der Waals surface area contributed by atoms with Gasteiger partial charge in [0.05, 0.1) is 0 Å². The third-order valence-electron chi connectivity index (χ3n) is 3.02. The molecule has 2 aromatic rings. The van der Waals surface area contributed by atoms with Crippen LogP contribution in [0.2, 0.25) is 0 Å². The fourth-order valence-corrected chi connectivity index (χ4v) is 1.97. The standard InChI is InChI=1S/C18H21N/c1-15-4-6-16(7-5-15)8-9-17-10-12-18(13-11-17)14-19(2)3/h4-13H,14H2,1-3H3/b9-8+. The Balaban J connectivity index is 2.04. The normalized spacial score (nSPS) is 11.4. The number of hydrogen-bond acceptors (Lipinski definition) is 1. The van der Waals surface area contributed by atoms with E-state index in [0.717, 1.165) is 6.54 Å². The monoisotopic (exact) mass is 251 g/mol. The van der Waals surface area contributed by atoms with E-state index in [4.69, 9.17) is 0 Å². The molecule has 0 N–H and O–H groups in total. The molecule has 0 aliphatic rings. The van der Waals surface area contributed by atoms with Gasteiger partial charge in [0.25, 0.3) is 0 Å². The van der Waals surface area contributed by atoms with Crippen LogP contribution in [0.25, 0.3) is 12.2 Å². The lowest BCUT2D eigenvalue weighted by atomic mass is 10.1. The highest BCUT2D eigenvalue weighted by Gasteiger charge is 1.94. The molecule has 1 nitrogen and oxygen atoms in total. The number of rotatable bonds is 4. The molecule has 0 aliphatic heterocycles. The molecular formula is C18H21N. The van der Waals surface area contributed by atoms with E-state index in [-0.39, 0.29) is 0 Å². The number of hydrogen-bond donors (Lipinski definition) is 0. The van der Waals surface area contributed by atoms with Crippen LogP contribution < -0.4 is 0 Å². The second kappa shape index (κ2) is 6.35. The molecule has 98 valence electrons. The molecule has 0 amide bonds. The van der Waals surface area contributed by atoms with Crippen LogP contribution in [-0.4, -0.2) is 19.0 Å². The largest absolute Gasteiger partial charge is 0.305 e. The van der Waals surface area contributed by atoms with Gasteiger partial charge in [0.1, 0.15) is 0 Å². The molecule has 0 spiro atoms. The topological polar surface area (TPSA) is 3.24 Å². The van der Waals surface area contributed by atoms with Crippen molar-refractivity contribution in [2.75, 3.05) is 14.1 Å². The van der Waals surface area contributed by atoms with Crippen molar-refractivity contribution in [2.24, 2.45) is 0 Å². The van der Waals surface area contributed by atoms with Crippen molar-refractivity contribution in [1.82, 2.24) is 4.90 Å². The minimum absolute atomic E-state index is 0.988. The van der Waals surface area contributed by atoms with Crippen LogP contribution in [0.5, 0.6) is 0 Å². The van der Waals surface area contributed by atoms with Crippen molar-refractivity contribution in [2.45, 2.75) is 13.5 Å². The van der Waals surface area contributed by atoms with Crippen LogP contribution in [0.3, 0.4) is 0 Å². The molecule has 19 heavy (non-hydrogen) atoms. The summed E-state index contributed by atoms with van der Waals surface area (Å²) in [6.45, 7) is 3.10. The average Bonchev–Trinajstić information content (AvgIpc) is 2.39. The van der Waals surface area contributed by atoms with Gasteiger partial charge in [0, 0.05) is 6.54 Å². The van der Waals surface area contributed by atoms with Crippen LogP contribution in [0.4, 0.5) is 0 Å². The highest BCUT2D eigenvalue weighted by molar-refractivity contribution is 5.69. The maximum Gasteiger partial charge on any atom is 0.0227 e. The molecule has 0 unspecified atom stereocenters. The molecule has 0 saturated carbocycles. The zero-order valence-corrected chi connectivity index (χ0v) is 11.9. The van der Waals surface area contributed by atoms with E-state index in [1.165, 1.54) is 22.3 Å². The molecule has 2 aromatic carbocycles. The van der Waals surface area contributed by atoms with Crippen molar-refractivity contribution in [1.29, 1.82) is 0 Å². The maximum atomic E-state index is 2.19. The second-order valence-electron chi connectivity index (χ2n) is 5.22. The van der Waals surface area contributed by atoms with Gasteiger partial charge in [-0.25, -0.2) is 0 Å². The first-order chi connectivity index (χ1) is 9.13. The molecule has 0 bridgehead atoms. The second-order valence-corrected chi connectivity index (χ2v) is 5.22. The fraction of sp³-hybridized carbons (Fsp3) is 0.222.